The molecular formula is C10H18N2O. The number of hydrogen-bond donors (Lipinski definition) is 1. The Hall–Kier alpha value is -0.830. The summed E-state index contributed by atoms with van der Waals surface area (Å²) in [5, 5.41) is 12.9. The van der Waals surface area contributed by atoms with Crippen molar-refractivity contribution in [3.63, 3.8) is 0 Å². The number of aliphatic hydroxyl groups excluding tert-OH is 1. The number of aryl methyl sites for hydroxylation is 1. The van der Waals surface area contributed by atoms with Crippen LogP contribution in [0.1, 0.15) is 38.3 Å². The maximum absolute atomic E-state index is 8.66. The highest BCUT2D eigenvalue weighted by atomic mass is 16.2. The molecule has 0 aliphatic carbocycles. The number of nitrogens with zero attached hydrogens (tertiary/aromatic N) is 2. The van der Waals surface area contributed by atoms with Crippen molar-refractivity contribution in [3.8, 4) is 0 Å². The molecule has 1 aromatic heterocycles. The Balaban J connectivity index is 2.53. The Morgan fingerprint density at radius 1 is 1.62 bits per heavy atom. The van der Waals surface area contributed by atoms with Gasteiger partial charge in [-0.2, -0.15) is 5.10 Å². The molecule has 0 aromatic carbocycles. The summed E-state index contributed by atoms with van der Waals surface area (Å²) in [4.78, 5) is 0. The van der Waals surface area contributed by atoms with Gasteiger partial charge in [0, 0.05) is 18.8 Å². The Morgan fingerprint density at radius 3 is 3.00 bits per heavy atom. The normalized spacial score (nSPS) is 13.2. The molecule has 1 atom stereocenters. The number of hydrogen-bond acceptors (Lipinski definition) is 2. The fourth-order valence-electron chi connectivity index (χ4n) is 1.22. The molecule has 1 unspecified atom stereocenters. The number of rotatable bonds is 5. The molecule has 0 bridgehead atoms. The zero-order chi connectivity index (χ0) is 9.68. The van der Waals surface area contributed by atoms with Crippen molar-refractivity contribution in [1.82, 2.24) is 9.78 Å². The van der Waals surface area contributed by atoms with Crippen molar-refractivity contribution in [2.45, 2.75) is 39.2 Å². The van der Waals surface area contributed by atoms with Gasteiger partial charge in [-0.15, -0.1) is 0 Å². The molecule has 0 spiro atoms. The second-order valence-electron chi connectivity index (χ2n) is 3.41. The van der Waals surface area contributed by atoms with Crippen LogP contribution in [0.2, 0.25) is 0 Å². The smallest absolute Gasteiger partial charge is 0.0521 e. The predicted molar refractivity (Wildman–Crippen MR) is 52.6 cm³/mol. The lowest BCUT2D eigenvalue weighted by Crippen LogP contribution is -2.03. The standard InChI is InChI=1S/C10H18N2O/c1-3-9(2)12-8-10(7-11-12)5-4-6-13/h7-9,13H,3-6H2,1-2H3. The molecule has 3 nitrogen and oxygen atoms in total. The monoisotopic (exact) mass is 182 g/mol. The molecule has 74 valence electrons. The minimum atomic E-state index is 0.258. The van der Waals surface area contributed by atoms with Crippen LogP contribution in [-0.2, 0) is 6.42 Å². The summed E-state index contributed by atoms with van der Waals surface area (Å²) in [5.74, 6) is 0. The van der Waals surface area contributed by atoms with Crippen LogP contribution in [0.15, 0.2) is 12.4 Å². The molecular weight excluding hydrogens is 164 g/mol. The molecule has 0 saturated carbocycles. The van der Waals surface area contributed by atoms with Crippen molar-refractivity contribution in [2.24, 2.45) is 0 Å². The van der Waals surface area contributed by atoms with Gasteiger partial charge in [0.05, 0.1) is 6.20 Å². The average Bonchev–Trinajstić information content (AvgIpc) is 2.62. The number of aromatic nitrogens is 2. The molecule has 13 heavy (non-hydrogen) atoms. The lowest BCUT2D eigenvalue weighted by atomic mass is 10.2. The third-order valence-electron chi connectivity index (χ3n) is 2.32. The van der Waals surface area contributed by atoms with Crippen LogP contribution in [0.4, 0.5) is 0 Å². The van der Waals surface area contributed by atoms with E-state index in [1.54, 1.807) is 0 Å². The van der Waals surface area contributed by atoms with E-state index >= 15 is 0 Å². The van der Waals surface area contributed by atoms with Crippen LogP contribution in [0.3, 0.4) is 0 Å². The fraction of sp³-hybridized carbons (Fsp3) is 0.700. The van der Waals surface area contributed by atoms with Gasteiger partial charge in [-0.25, -0.2) is 0 Å². The van der Waals surface area contributed by atoms with Gasteiger partial charge >= 0.3 is 0 Å². The maximum Gasteiger partial charge on any atom is 0.0521 e. The van der Waals surface area contributed by atoms with Crippen LogP contribution in [0.5, 0.6) is 0 Å². The quantitative estimate of drug-likeness (QED) is 0.753. The van der Waals surface area contributed by atoms with E-state index in [0.29, 0.717) is 6.04 Å². The highest BCUT2D eigenvalue weighted by Crippen LogP contribution is 2.10. The molecule has 1 heterocycles. The first kappa shape index (κ1) is 10.3. The van der Waals surface area contributed by atoms with E-state index < -0.39 is 0 Å². The van der Waals surface area contributed by atoms with E-state index in [2.05, 4.69) is 25.1 Å². The molecule has 1 aromatic rings. The van der Waals surface area contributed by atoms with Crippen LogP contribution >= 0.6 is 0 Å². The first-order valence-electron chi connectivity index (χ1n) is 4.91. The Morgan fingerprint density at radius 2 is 2.38 bits per heavy atom. The maximum atomic E-state index is 8.66. The average molecular weight is 182 g/mol. The van der Waals surface area contributed by atoms with Crippen molar-refractivity contribution in [1.29, 1.82) is 0 Å². The molecule has 0 amide bonds. The van der Waals surface area contributed by atoms with Crippen LogP contribution in [0, 0.1) is 0 Å². The van der Waals surface area contributed by atoms with E-state index in [9.17, 15) is 0 Å². The van der Waals surface area contributed by atoms with E-state index in [1.165, 1.54) is 5.56 Å². The second kappa shape index (κ2) is 5.02. The first-order valence-corrected chi connectivity index (χ1v) is 4.91. The highest BCUT2D eigenvalue weighted by molar-refractivity contribution is 5.04. The third-order valence-corrected chi connectivity index (χ3v) is 2.32. The second-order valence-corrected chi connectivity index (χ2v) is 3.41. The molecule has 0 aliphatic rings. The summed E-state index contributed by atoms with van der Waals surface area (Å²) in [5.41, 5.74) is 1.22. The zero-order valence-electron chi connectivity index (χ0n) is 8.40. The third kappa shape index (κ3) is 2.84. The topological polar surface area (TPSA) is 38.0 Å². The van der Waals surface area contributed by atoms with Gasteiger partial charge in [-0.1, -0.05) is 6.92 Å². The number of aliphatic hydroxyl groups is 1. The van der Waals surface area contributed by atoms with E-state index in [1.807, 2.05) is 10.9 Å². The SMILES string of the molecule is CCC(C)n1cc(CCCO)cn1. The molecule has 0 aliphatic heterocycles. The molecule has 1 N–H and O–H groups in total. The lowest BCUT2D eigenvalue weighted by Gasteiger charge is -2.07. The predicted octanol–water partition coefficient (Wildman–Crippen LogP) is 1.78. The summed E-state index contributed by atoms with van der Waals surface area (Å²) in [6.45, 7) is 4.57. The highest BCUT2D eigenvalue weighted by Gasteiger charge is 2.03. The molecule has 0 fully saturated rings. The van der Waals surface area contributed by atoms with Gasteiger partial charge in [-0.05, 0) is 31.7 Å². The largest absolute Gasteiger partial charge is 0.396 e. The lowest BCUT2D eigenvalue weighted by molar-refractivity contribution is 0.288. The molecule has 1 rings (SSSR count). The van der Waals surface area contributed by atoms with E-state index in [4.69, 9.17) is 5.11 Å². The molecule has 3 heteroatoms. The summed E-state index contributed by atoms with van der Waals surface area (Å²) >= 11 is 0. The van der Waals surface area contributed by atoms with Crippen molar-refractivity contribution in [2.75, 3.05) is 6.61 Å². The Bertz CT molecular complexity index is 245. The van der Waals surface area contributed by atoms with Crippen molar-refractivity contribution >= 4 is 0 Å². The summed E-state index contributed by atoms with van der Waals surface area (Å²) < 4.78 is 1.99. The van der Waals surface area contributed by atoms with Gasteiger partial charge in [0.25, 0.3) is 0 Å². The minimum absolute atomic E-state index is 0.258. The first-order chi connectivity index (χ1) is 6.27. The summed E-state index contributed by atoms with van der Waals surface area (Å²) in [6, 6.07) is 0.475. The van der Waals surface area contributed by atoms with Gasteiger partial charge in [0.2, 0.25) is 0 Å². The Kier molecular flexibility index (Phi) is 3.96. The molecule has 0 radical (unpaired) electrons. The fourth-order valence-corrected chi connectivity index (χ4v) is 1.22. The zero-order valence-corrected chi connectivity index (χ0v) is 8.40. The van der Waals surface area contributed by atoms with E-state index in [-0.39, 0.29) is 6.61 Å². The van der Waals surface area contributed by atoms with Gasteiger partial charge < -0.3 is 5.11 Å². The van der Waals surface area contributed by atoms with Gasteiger partial charge in [-0.3, -0.25) is 4.68 Å². The van der Waals surface area contributed by atoms with Crippen LogP contribution < -0.4 is 0 Å². The summed E-state index contributed by atoms with van der Waals surface area (Å²) in [7, 11) is 0. The minimum Gasteiger partial charge on any atom is -0.396 e. The van der Waals surface area contributed by atoms with Gasteiger partial charge in [0.15, 0.2) is 0 Å². The van der Waals surface area contributed by atoms with Crippen molar-refractivity contribution in [3.05, 3.63) is 18.0 Å². The van der Waals surface area contributed by atoms with Crippen LogP contribution in [0.25, 0.3) is 0 Å². The molecule has 0 saturated heterocycles. The van der Waals surface area contributed by atoms with E-state index in [0.717, 1.165) is 19.3 Å². The van der Waals surface area contributed by atoms with Gasteiger partial charge in [0.1, 0.15) is 0 Å². The van der Waals surface area contributed by atoms with Crippen molar-refractivity contribution < 1.29 is 5.11 Å². The van der Waals surface area contributed by atoms with Crippen LogP contribution in [-0.4, -0.2) is 21.5 Å². The Labute approximate surface area is 79.4 Å². The summed E-state index contributed by atoms with van der Waals surface area (Å²) in [6.07, 6.45) is 6.81.